The first-order valence-electron chi connectivity index (χ1n) is 5.72. The molecule has 0 atom stereocenters. The largest absolute Gasteiger partial charge is 0.497 e. The number of ether oxygens (including phenoxy) is 1. The third kappa shape index (κ3) is 3.17. The van der Waals surface area contributed by atoms with E-state index in [4.69, 9.17) is 4.74 Å². The molecule has 0 N–H and O–H groups in total. The lowest BCUT2D eigenvalue weighted by Gasteiger charge is -2.00. The SMILES string of the molecule is COc1cccc(C=Nc2cc([N+](=O)[O-])ccc2F)c1. The van der Waals surface area contributed by atoms with Crippen LogP contribution in [-0.2, 0) is 0 Å². The lowest BCUT2D eigenvalue weighted by atomic mass is 10.2. The first kappa shape index (κ1) is 13.7. The zero-order chi connectivity index (χ0) is 14.5. The molecule has 0 bridgehead atoms. The highest BCUT2D eigenvalue weighted by Crippen LogP contribution is 2.24. The van der Waals surface area contributed by atoms with Crippen molar-refractivity contribution in [2.75, 3.05) is 7.11 Å². The van der Waals surface area contributed by atoms with Crippen molar-refractivity contribution in [1.82, 2.24) is 0 Å². The van der Waals surface area contributed by atoms with Gasteiger partial charge in [0.2, 0.25) is 0 Å². The van der Waals surface area contributed by atoms with E-state index in [1.165, 1.54) is 13.3 Å². The first-order valence-corrected chi connectivity index (χ1v) is 5.72. The molecule has 0 fully saturated rings. The first-order chi connectivity index (χ1) is 9.60. The minimum Gasteiger partial charge on any atom is -0.497 e. The minimum absolute atomic E-state index is 0.0815. The molecule has 102 valence electrons. The van der Waals surface area contributed by atoms with Crippen molar-refractivity contribution in [2.24, 2.45) is 4.99 Å². The Morgan fingerprint density at radius 2 is 2.10 bits per heavy atom. The normalized spacial score (nSPS) is 10.7. The molecule has 0 aliphatic rings. The van der Waals surface area contributed by atoms with E-state index in [0.29, 0.717) is 11.3 Å². The number of hydrogen-bond donors (Lipinski definition) is 0. The number of benzene rings is 2. The number of nitro groups is 1. The van der Waals surface area contributed by atoms with Crippen molar-refractivity contribution in [1.29, 1.82) is 0 Å². The maximum Gasteiger partial charge on any atom is 0.271 e. The molecule has 2 aromatic carbocycles. The number of nitro benzene ring substituents is 1. The molecule has 0 aromatic heterocycles. The molecule has 0 aliphatic carbocycles. The number of nitrogens with zero attached hydrogens (tertiary/aromatic N) is 2. The van der Waals surface area contributed by atoms with Crippen LogP contribution in [0.2, 0.25) is 0 Å². The Morgan fingerprint density at radius 3 is 2.80 bits per heavy atom. The van der Waals surface area contributed by atoms with Gasteiger partial charge < -0.3 is 4.74 Å². The van der Waals surface area contributed by atoms with Crippen LogP contribution >= 0.6 is 0 Å². The van der Waals surface area contributed by atoms with Crippen molar-refractivity contribution in [3.05, 3.63) is 64.0 Å². The van der Waals surface area contributed by atoms with E-state index in [1.54, 1.807) is 24.3 Å². The number of halogens is 1. The van der Waals surface area contributed by atoms with E-state index in [1.807, 2.05) is 0 Å². The Hall–Kier alpha value is -2.76. The molecule has 0 aliphatic heterocycles. The molecule has 5 nitrogen and oxygen atoms in total. The number of hydrogen-bond acceptors (Lipinski definition) is 4. The average Bonchev–Trinajstić information content (AvgIpc) is 2.46. The van der Waals surface area contributed by atoms with Gasteiger partial charge in [-0.3, -0.25) is 15.1 Å². The molecule has 6 heteroatoms. The quantitative estimate of drug-likeness (QED) is 0.487. The fourth-order valence-electron chi connectivity index (χ4n) is 1.58. The summed E-state index contributed by atoms with van der Waals surface area (Å²) in [5, 5.41) is 10.6. The predicted molar refractivity (Wildman–Crippen MR) is 73.3 cm³/mol. The molecule has 2 aromatic rings. The molecule has 0 radical (unpaired) electrons. The zero-order valence-corrected chi connectivity index (χ0v) is 10.6. The molecule has 0 saturated heterocycles. The van der Waals surface area contributed by atoms with Crippen LogP contribution in [0.5, 0.6) is 5.75 Å². The van der Waals surface area contributed by atoms with E-state index in [-0.39, 0.29) is 11.4 Å². The average molecular weight is 274 g/mol. The minimum atomic E-state index is -0.616. The Labute approximate surface area is 114 Å². The Kier molecular flexibility index (Phi) is 4.05. The second-order valence-corrected chi connectivity index (χ2v) is 3.93. The van der Waals surface area contributed by atoms with Gasteiger partial charge in [-0.25, -0.2) is 4.39 Å². The lowest BCUT2D eigenvalue weighted by Crippen LogP contribution is -1.89. The summed E-state index contributed by atoms with van der Waals surface area (Å²) in [6.45, 7) is 0. The molecule has 0 spiro atoms. The summed E-state index contributed by atoms with van der Waals surface area (Å²) < 4.78 is 18.6. The van der Waals surface area contributed by atoms with Crippen molar-refractivity contribution in [2.45, 2.75) is 0 Å². The molecular weight excluding hydrogens is 263 g/mol. The zero-order valence-electron chi connectivity index (χ0n) is 10.6. The smallest absolute Gasteiger partial charge is 0.271 e. The van der Waals surface area contributed by atoms with E-state index in [2.05, 4.69) is 4.99 Å². The Balaban J connectivity index is 2.30. The third-order valence-corrected chi connectivity index (χ3v) is 2.59. The van der Waals surface area contributed by atoms with E-state index >= 15 is 0 Å². The second-order valence-electron chi connectivity index (χ2n) is 3.93. The molecule has 0 unspecified atom stereocenters. The fraction of sp³-hybridized carbons (Fsp3) is 0.0714. The van der Waals surface area contributed by atoms with E-state index in [9.17, 15) is 14.5 Å². The maximum absolute atomic E-state index is 13.5. The highest BCUT2D eigenvalue weighted by Gasteiger charge is 2.09. The van der Waals surface area contributed by atoms with Gasteiger partial charge in [0, 0.05) is 18.3 Å². The van der Waals surface area contributed by atoms with Gasteiger partial charge in [-0.2, -0.15) is 0 Å². The predicted octanol–water partition coefficient (Wildman–Crippen LogP) is 3.49. The van der Waals surface area contributed by atoms with Crippen molar-refractivity contribution in [3.63, 3.8) is 0 Å². The summed E-state index contributed by atoms with van der Waals surface area (Å²) in [5.41, 5.74) is 0.418. The summed E-state index contributed by atoms with van der Waals surface area (Å²) in [4.78, 5) is 14.0. The van der Waals surface area contributed by atoms with Crippen molar-refractivity contribution in [3.8, 4) is 5.75 Å². The molecule has 0 amide bonds. The molecule has 0 saturated carbocycles. The Morgan fingerprint density at radius 1 is 1.30 bits per heavy atom. The van der Waals surface area contributed by atoms with Crippen LogP contribution in [0, 0.1) is 15.9 Å². The van der Waals surface area contributed by atoms with Crippen molar-refractivity contribution < 1.29 is 14.1 Å². The van der Waals surface area contributed by atoms with Crippen LogP contribution in [0.4, 0.5) is 15.8 Å². The topological polar surface area (TPSA) is 64.7 Å². The van der Waals surface area contributed by atoms with Crippen LogP contribution in [-0.4, -0.2) is 18.2 Å². The highest BCUT2D eigenvalue weighted by molar-refractivity contribution is 5.82. The van der Waals surface area contributed by atoms with E-state index in [0.717, 1.165) is 18.2 Å². The summed E-state index contributed by atoms with van der Waals surface area (Å²) >= 11 is 0. The van der Waals surface area contributed by atoms with Gasteiger partial charge >= 0.3 is 0 Å². The van der Waals surface area contributed by atoms with Gasteiger partial charge in [-0.15, -0.1) is 0 Å². The molecule has 2 rings (SSSR count). The number of aliphatic imine (C=N–C) groups is 1. The molecule has 20 heavy (non-hydrogen) atoms. The summed E-state index contributed by atoms with van der Waals surface area (Å²) in [5.74, 6) is 0.0308. The molecule has 0 heterocycles. The van der Waals surface area contributed by atoms with Gasteiger partial charge in [0.15, 0.2) is 0 Å². The van der Waals surface area contributed by atoms with Crippen LogP contribution < -0.4 is 4.74 Å². The van der Waals surface area contributed by atoms with Gasteiger partial charge in [0.05, 0.1) is 12.0 Å². The standard InChI is InChI=1S/C14H11FN2O3/c1-20-12-4-2-3-10(7-12)9-16-14-8-11(17(18)19)5-6-13(14)15/h2-9H,1H3. The van der Waals surface area contributed by atoms with Gasteiger partial charge in [-0.05, 0) is 23.8 Å². The van der Waals surface area contributed by atoms with Gasteiger partial charge in [-0.1, -0.05) is 12.1 Å². The van der Waals surface area contributed by atoms with Gasteiger partial charge in [0.1, 0.15) is 17.3 Å². The summed E-state index contributed by atoms with van der Waals surface area (Å²) in [6, 6.07) is 10.2. The maximum atomic E-state index is 13.5. The van der Waals surface area contributed by atoms with Crippen LogP contribution in [0.3, 0.4) is 0 Å². The van der Waals surface area contributed by atoms with E-state index < -0.39 is 10.7 Å². The Bertz CT molecular complexity index is 671. The van der Waals surface area contributed by atoms with Crippen LogP contribution in [0.15, 0.2) is 47.5 Å². The molecular formula is C14H11FN2O3. The monoisotopic (exact) mass is 274 g/mol. The van der Waals surface area contributed by atoms with Crippen LogP contribution in [0.25, 0.3) is 0 Å². The number of rotatable bonds is 4. The fourth-order valence-corrected chi connectivity index (χ4v) is 1.58. The second kappa shape index (κ2) is 5.92. The third-order valence-electron chi connectivity index (χ3n) is 2.59. The summed E-state index contributed by atoms with van der Waals surface area (Å²) in [7, 11) is 1.54. The lowest BCUT2D eigenvalue weighted by molar-refractivity contribution is -0.384. The van der Waals surface area contributed by atoms with Gasteiger partial charge in [0.25, 0.3) is 5.69 Å². The number of non-ortho nitro benzene ring substituents is 1. The summed E-state index contributed by atoms with van der Waals surface area (Å²) in [6.07, 6.45) is 1.42. The van der Waals surface area contributed by atoms with Crippen molar-refractivity contribution >= 4 is 17.6 Å². The highest BCUT2D eigenvalue weighted by atomic mass is 19.1. The van der Waals surface area contributed by atoms with Crippen LogP contribution in [0.1, 0.15) is 5.56 Å². The number of methoxy groups -OCH3 is 1.